The second-order valence-corrected chi connectivity index (χ2v) is 5.93. The van der Waals surface area contributed by atoms with E-state index in [0.717, 1.165) is 12.0 Å². The van der Waals surface area contributed by atoms with Gasteiger partial charge in [0, 0.05) is 22.5 Å². The Bertz CT molecular complexity index is 612. The van der Waals surface area contributed by atoms with Crippen LogP contribution >= 0.6 is 15.9 Å². The molecule has 106 valence electrons. The molecular formula is C14H15BrFN3O. The van der Waals surface area contributed by atoms with Crippen molar-refractivity contribution < 1.29 is 8.91 Å². The van der Waals surface area contributed by atoms with Crippen molar-refractivity contribution in [2.45, 2.75) is 25.3 Å². The SMILES string of the molecule is CNC(Cc1nc(-c2ccc(F)cc2Br)no1)C1CC1. The zero-order valence-electron chi connectivity index (χ0n) is 11.1. The third kappa shape index (κ3) is 2.91. The topological polar surface area (TPSA) is 51.0 Å². The van der Waals surface area contributed by atoms with Crippen molar-refractivity contribution in [3.63, 3.8) is 0 Å². The molecule has 1 N–H and O–H groups in total. The summed E-state index contributed by atoms with van der Waals surface area (Å²) in [7, 11) is 1.96. The number of halogens is 2. The molecule has 4 nitrogen and oxygen atoms in total. The highest BCUT2D eigenvalue weighted by Crippen LogP contribution is 2.34. The Morgan fingerprint density at radius 2 is 2.30 bits per heavy atom. The van der Waals surface area contributed by atoms with Crippen LogP contribution in [0, 0.1) is 11.7 Å². The van der Waals surface area contributed by atoms with Crippen molar-refractivity contribution in [3.05, 3.63) is 34.4 Å². The summed E-state index contributed by atoms with van der Waals surface area (Å²) in [5.41, 5.74) is 0.730. The van der Waals surface area contributed by atoms with Gasteiger partial charge >= 0.3 is 0 Å². The van der Waals surface area contributed by atoms with Gasteiger partial charge in [-0.25, -0.2) is 4.39 Å². The highest BCUT2D eigenvalue weighted by molar-refractivity contribution is 9.10. The lowest BCUT2D eigenvalue weighted by atomic mass is 10.1. The van der Waals surface area contributed by atoms with Crippen LogP contribution in [-0.2, 0) is 6.42 Å². The van der Waals surface area contributed by atoms with Crippen LogP contribution in [0.5, 0.6) is 0 Å². The summed E-state index contributed by atoms with van der Waals surface area (Å²) in [6, 6.07) is 4.81. The van der Waals surface area contributed by atoms with Crippen molar-refractivity contribution in [1.82, 2.24) is 15.5 Å². The Hall–Kier alpha value is -1.27. The fourth-order valence-corrected chi connectivity index (χ4v) is 2.84. The zero-order chi connectivity index (χ0) is 14.1. The number of benzene rings is 1. The van der Waals surface area contributed by atoms with E-state index in [1.165, 1.54) is 25.0 Å². The highest BCUT2D eigenvalue weighted by atomic mass is 79.9. The van der Waals surface area contributed by atoms with Crippen LogP contribution in [0.1, 0.15) is 18.7 Å². The summed E-state index contributed by atoms with van der Waals surface area (Å²) in [4.78, 5) is 4.40. The first-order valence-electron chi connectivity index (χ1n) is 6.62. The number of hydrogen-bond donors (Lipinski definition) is 1. The van der Waals surface area contributed by atoms with Gasteiger partial charge in [0.1, 0.15) is 5.82 Å². The van der Waals surface area contributed by atoms with Gasteiger partial charge in [0.2, 0.25) is 11.7 Å². The van der Waals surface area contributed by atoms with Crippen molar-refractivity contribution in [1.29, 1.82) is 0 Å². The summed E-state index contributed by atoms with van der Waals surface area (Å²) in [6.45, 7) is 0. The molecule has 1 aromatic carbocycles. The molecule has 0 saturated heterocycles. The molecule has 1 aliphatic rings. The van der Waals surface area contributed by atoms with Gasteiger partial charge in [-0.3, -0.25) is 0 Å². The fourth-order valence-electron chi connectivity index (χ4n) is 2.31. The average Bonchev–Trinajstić information content (AvgIpc) is 3.16. The first-order chi connectivity index (χ1) is 9.67. The van der Waals surface area contributed by atoms with E-state index in [4.69, 9.17) is 4.52 Å². The van der Waals surface area contributed by atoms with Crippen LogP contribution in [0.25, 0.3) is 11.4 Å². The molecule has 0 spiro atoms. The molecule has 1 atom stereocenters. The molecule has 0 amide bonds. The first-order valence-corrected chi connectivity index (χ1v) is 7.42. The largest absolute Gasteiger partial charge is 0.339 e. The predicted molar refractivity (Wildman–Crippen MR) is 76.7 cm³/mol. The van der Waals surface area contributed by atoms with Gasteiger partial charge in [0.15, 0.2) is 0 Å². The van der Waals surface area contributed by atoms with E-state index in [-0.39, 0.29) is 5.82 Å². The molecule has 1 aromatic heterocycles. The van der Waals surface area contributed by atoms with E-state index >= 15 is 0 Å². The first kappa shape index (κ1) is 13.7. The third-order valence-corrected chi connectivity index (χ3v) is 4.25. The van der Waals surface area contributed by atoms with E-state index in [1.54, 1.807) is 6.07 Å². The number of aromatic nitrogens is 2. The van der Waals surface area contributed by atoms with Crippen LogP contribution in [0.4, 0.5) is 4.39 Å². The molecule has 0 aliphatic heterocycles. The molecule has 1 unspecified atom stereocenters. The lowest BCUT2D eigenvalue weighted by Gasteiger charge is -2.11. The molecule has 1 aliphatic carbocycles. The molecule has 2 aromatic rings. The monoisotopic (exact) mass is 339 g/mol. The average molecular weight is 340 g/mol. The standard InChI is InChI=1S/C14H15BrFN3O/c1-17-12(8-2-3-8)7-13-18-14(19-20-13)10-5-4-9(16)6-11(10)15/h4-6,8,12,17H,2-3,7H2,1H3. The molecule has 1 saturated carbocycles. The van der Waals surface area contributed by atoms with Crippen LogP contribution in [-0.4, -0.2) is 23.2 Å². The number of nitrogens with one attached hydrogen (secondary N) is 1. The molecule has 3 rings (SSSR count). The minimum Gasteiger partial charge on any atom is -0.339 e. The summed E-state index contributed by atoms with van der Waals surface area (Å²) < 4.78 is 19.0. The molecule has 6 heteroatoms. The minimum atomic E-state index is -0.298. The molecule has 1 heterocycles. The quantitative estimate of drug-likeness (QED) is 0.908. The van der Waals surface area contributed by atoms with Gasteiger partial charge < -0.3 is 9.84 Å². The Morgan fingerprint density at radius 1 is 1.50 bits per heavy atom. The second-order valence-electron chi connectivity index (χ2n) is 5.07. The zero-order valence-corrected chi connectivity index (χ0v) is 12.7. The van der Waals surface area contributed by atoms with Gasteiger partial charge in [0.25, 0.3) is 0 Å². The van der Waals surface area contributed by atoms with Crippen molar-refractivity contribution in [2.75, 3.05) is 7.05 Å². The maximum atomic E-state index is 13.1. The minimum absolute atomic E-state index is 0.298. The third-order valence-electron chi connectivity index (χ3n) is 3.60. The van der Waals surface area contributed by atoms with Crippen molar-refractivity contribution >= 4 is 15.9 Å². The van der Waals surface area contributed by atoms with Gasteiger partial charge in [-0.2, -0.15) is 4.98 Å². The van der Waals surface area contributed by atoms with Gasteiger partial charge in [0.05, 0.1) is 0 Å². The van der Waals surface area contributed by atoms with Gasteiger partial charge in [-0.05, 0) is 59.9 Å². The molecule has 1 fully saturated rings. The lowest BCUT2D eigenvalue weighted by Crippen LogP contribution is -2.29. The summed E-state index contributed by atoms with van der Waals surface area (Å²) >= 11 is 3.32. The van der Waals surface area contributed by atoms with Crippen LogP contribution in [0.15, 0.2) is 27.2 Å². The predicted octanol–water partition coefficient (Wildman–Crippen LogP) is 3.18. The maximum Gasteiger partial charge on any atom is 0.228 e. The van der Waals surface area contributed by atoms with Crippen LogP contribution in [0.3, 0.4) is 0 Å². The van der Waals surface area contributed by atoms with Crippen LogP contribution < -0.4 is 5.32 Å². The summed E-state index contributed by atoms with van der Waals surface area (Å²) in [5.74, 6) is 1.52. The second kappa shape index (κ2) is 5.61. The van der Waals surface area contributed by atoms with E-state index in [1.807, 2.05) is 7.05 Å². The number of rotatable bonds is 5. The molecule has 0 radical (unpaired) electrons. The van der Waals surface area contributed by atoms with Crippen LogP contribution in [0.2, 0.25) is 0 Å². The summed E-state index contributed by atoms with van der Waals surface area (Å²) in [5, 5.41) is 7.27. The maximum absolute atomic E-state index is 13.1. The molecular weight excluding hydrogens is 325 g/mol. The Labute approximate surface area is 124 Å². The Kier molecular flexibility index (Phi) is 3.85. The van der Waals surface area contributed by atoms with Crippen molar-refractivity contribution in [2.24, 2.45) is 5.92 Å². The molecule has 20 heavy (non-hydrogen) atoms. The smallest absolute Gasteiger partial charge is 0.228 e. The van der Waals surface area contributed by atoms with E-state index in [9.17, 15) is 4.39 Å². The lowest BCUT2D eigenvalue weighted by molar-refractivity contribution is 0.352. The Balaban J connectivity index is 1.79. The highest BCUT2D eigenvalue weighted by Gasteiger charge is 2.31. The normalized spacial score (nSPS) is 16.4. The van der Waals surface area contributed by atoms with E-state index in [0.29, 0.717) is 28.1 Å². The fraction of sp³-hybridized carbons (Fsp3) is 0.429. The number of hydrogen-bond acceptors (Lipinski definition) is 4. The van der Waals surface area contributed by atoms with Gasteiger partial charge in [-0.15, -0.1) is 0 Å². The summed E-state index contributed by atoms with van der Waals surface area (Å²) in [6.07, 6.45) is 3.25. The molecule has 0 bridgehead atoms. The Morgan fingerprint density at radius 3 is 2.95 bits per heavy atom. The number of nitrogens with zero attached hydrogens (tertiary/aromatic N) is 2. The van der Waals surface area contributed by atoms with E-state index in [2.05, 4.69) is 31.4 Å². The van der Waals surface area contributed by atoms with Crippen molar-refractivity contribution in [3.8, 4) is 11.4 Å². The van der Waals surface area contributed by atoms with Gasteiger partial charge in [-0.1, -0.05) is 5.16 Å². The van der Waals surface area contributed by atoms with E-state index < -0.39 is 0 Å². The number of likely N-dealkylation sites (N-methyl/N-ethyl adjacent to an activating group) is 1.